The normalized spacial score (nSPS) is 15.6. The Labute approximate surface area is 168 Å². The molecule has 0 radical (unpaired) electrons. The van der Waals surface area contributed by atoms with Gasteiger partial charge in [0.1, 0.15) is 12.1 Å². The Balaban J connectivity index is 1.70. The fourth-order valence-corrected chi connectivity index (χ4v) is 3.94. The molecule has 2 aromatic rings. The Kier molecular flexibility index (Phi) is 7.28. The van der Waals surface area contributed by atoms with Gasteiger partial charge in [0, 0.05) is 11.0 Å². The van der Waals surface area contributed by atoms with Crippen LogP contribution in [0, 0.1) is 0 Å². The van der Waals surface area contributed by atoms with Gasteiger partial charge in [-0.3, -0.25) is 0 Å². The van der Waals surface area contributed by atoms with Crippen LogP contribution >= 0.6 is 11.9 Å². The lowest BCUT2D eigenvalue weighted by Crippen LogP contribution is -2.28. The number of esters is 1. The molecule has 0 spiro atoms. The van der Waals surface area contributed by atoms with E-state index in [1.807, 2.05) is 54.6 Å². The summed E-state index contributed by atoms with van der Waals surface area (Å²) >= 11 is 1.33. The molecule has 0 unspecified atom stereocenters. The molecule has 1 fully saturated rings. The maximum absolute atomic E-state index is 12.8. The zero-order chi connectivity index (χ0) is 19.8. The van der Waals surface area contributed by atoms with Crippen molar-refractivity contribution in [3.05, 3.63) is 71.8 Å². The summed E-state index contributed by atoms with van der Waals surface area (Å²) in [6.45, 7) is 0. The summed E-state index contributed by atoms with van der Waals surface area (Å²) in [6.07, 6.45) is 6.71. The first-order valence-electron chi connectivity index (χ1n) is 9.31. The first kappa shape index (κ1) is 20.2. The van der Waals surface area contributed by atoms with Gasteiger partial charge in [-0.05, 0) is 67.0 Å². The SMILES string of the molecule is O=C(O)/C=C/c1cccc(SN[C@H](C(=O)OC2CCCC2)c2ccccc2)c1. The van der Waals surface area contributed by atoms with Gasteiger partial charge in [-0.1, -0.05) is 42.5 Å². The molecule has 6 heteroatoms. The second-order valence-electron chi connectivity index (χ2n) is 6.65. The van der Waals surface area contributed by atoms with Crippen molar-refractivity contribution in [2.45, 2.75) is 42.7 Å². The Hall–Kier alpha value is -2.57. The highest BCUT2D eigenvalue weighted by Gasteiger charge is 2.26. The van der Waals surface area contributed by atoms with Crippen molar-refractivity contribution in [3.8, 4) is 0 Å². The minimum Gasteiger partial charge on any atom is -0.478 e. The highest BCUT2D eigenvalue weighted by atomic mass is 32.2. The number of nitrogens with one attached hydrogen (secondary N) is 1. The van der Waals surface area contributed by atoms with E-state index in [1.54, 1.807) is 0 Å². The van der Waals surface area contributed by atoms with Crippen LogP contribution in [0.5, 0.6) is 0 Å². The molecule has 0 heterocycles. The molecule has 1 aliphatic rings. The molecular formula is C22H23NO4S. The fourth-order valence-electron chi connectivity index (χ4n) is 3.11. The summed E-state index contributed by atoms with van der Waals surface area (Å²) in [4.78, 5) is 24.4. The quantitative estimate of drug-likeness (QED) is 0.385. The van der Waals surface area contributed by atoms with E-state index in [0.717, 1.165) is 47.8 Å². The molecule has 2 aromatic carbocycles. The zero-order valence-corrected chi connectivity index (χ0v) is 16.2. The van der Waals surface area contributed by atoms with E-state index in [-0.39, 0.29) is 12.1 Å². The van der Waals surface area contributed by atoms with Gasteiger partial charge in [-0.2, -0.15) is 0 Å². The van der Waals surface area contributed by atoms with Gasteiger partial charge in [0.05, 0.1) is 0 Å². The van der Waals surface area contributed by atoms with Crippen molar-refractivity contribution in [1.29, 1.82) is 0 Å². The summed E-state index contributed by atoms with van der Waals surface area (Å²) in [5.41, 5.74) is 1.62. The largest absolute Gasteiger partial charge is 0.478 e. The summed E-state index contributed by atoms with van der Waals surface area (Å²) < 4.78 is 8.93. The van der Waals surface area contributed by atoms with E-state index in [0.29, 0.717) is 0 Å². The summed E-state index contributed by atoms with van der Waals surface area (Å²) in [5.74, 6) is -1.26. The third kappa shape index (κ3) is 5.97. The fraction of sp³-hybridized carbons (Fsp3) is 0.273. The van der Waals surface area contributed by atoms with Crippen LogP contribution < -0.4 is 4.72 Å². The molecule has 146 valence electrons. The first-order valence-corrected chi connectivity index (χ1v) is 10.1. The Morgan fingerprint density at radius 1 is 1.11 bits per heavy atom. The molecule has 1 saturated carbocycles. The molecule has 0 bridgehead atoms. The highest BCUT2D eigenvalue weighted by Crippen LogP contribution is 2.27. The molecule has 0 saturated heterocycles. The van der Waals surface area contributed by atoms with E-state index >= 15 is 0 Å². The number of ether oxygens (including phenoxy) is 1. The summed E-state index contributed by atoms with van der Waals surface area (Å²) in [7, 11) is 0. The van der Waals surface area contributed by atoms with Gasteiger partial charge in [0.2, 0.25) is 0 Å². The maximum atomic E-state index is 12.8. The number of hydrogen-bond donors (Lipinski definition) is 2. The number of hydrogen-bond acceptors (Lipinski definition) is 5. The lowest BCUT2D eigenvalue weighted by molar-refractivity contribution is -0.151. The lowest BCUT2D eigenvalue weighted by atomic mass is 10.1. The smallest absolute Gasteiger partial charge is 0.328 e. The maximum Gasteiger partial charge on any atom is 0.328 e. The standard InChI is InChI=1S/C22H23NO4S/c24-20(25)14-13-16-7-6-12-19(15-16)28-23-21(17-8-2-1-3-9-17)22(26)27-18-10-4-5-11-18/h1-3,6-9,12-15,18,21,23H,4-5,10-11H2,(H,24,25)/b14-13+/t21-/m0/s1. The summed E-state index contributed by atoms with van der Waals surface area (Å²) in [5, 5.41) is 8.77. The van der Waals surface area contributed by atoms with E-state index < -0.39 is 12.0 Å². The van der Waals surface area contributed by atoms with Crippen molar-refractivity contribution < 1.29 is 19.4 Å². The van der Waals surface area contributed by atoms with Crippen molar-refractivity contribution in [2.24, 2.45) is 0 Å². The van der Waals surface area contributed by atoms with Crippen molar-refractivity contribution >= 4 is 30.0 Å². The van der Waals surface area contributed by atoms with Crippen LogP contribution in [0.3, 0.4) is 0 Å². The third-order valence-corrected chi connectivity index (χ3v) is 5.37. The molecule has 0 aliphatic heterocycles. The number of carbonyl (C=O) groups excluding carboxylic acids is 1. The zero-order valence-electron chi connectivity index (χ0n) is 15.4. The number of rotatable bonds is 8. The monoisotopic (exact) mass is 397 g/mol. The van der Waals surface area contributed by atoms with Crippen LogP contribution in [0.15, 0.2) is 65.6 Å². The molecule has 1 atom stereocenters. The molecule has 3 rings (SSSR count). The lowest BCUT2D eigenvalue weighted by Gasteiger charge is -2.20. The number of benzene rings is 2. The topological polar surface area (TPSA) is 75.6 Å². The van der Waals surface area contributed by atoms with Crippen molar-refractivity contribution in [3.63, 3.8) is 0 Å². The second kappa shape index (κ2) is 10.1. The molecule has 0 aromatic heterocycles. The molecule has 28 heavy (non-hydrogen) atoms. The Bertz CT molecular complexity index is 831. The van der Waals surface area contributed by atoms with Crippen LogP contribution in [-0.4, -0.2) is 23.1 Å². The van der Waals surface area contributed by atoms with Crippen LogP contribution in [0.25, 0.3) is 6.08 Å². The van der Waals surface area contributed by atoms with Crippen molar-refractivity contribution in [1.82, 2.24) is 4.72 Å². The predicted molar refractivity (Wildman–Crippen MR) is 110 cm³/mol. The molecule has 2 N–H and O–H groups in total. The predicted octanol–water partition coefficient (Wildman–Crippen LogP) is 4.61. The average molecular weight is 397 g/mol. The van der Waals surface area contributed by atoms with Crippen molar-refractivity contribution in [2.75, 3.05) is 0 Å². The first-order chi connectivity index (χ1) is 13.6. The Morgan fingerprint density at radius 2 is 1.86 bits per heavy atom. The van der Waals surface area contributed by atoms with E-state index in [1.165, 1.54) is 18.0 Å². The minimum absolute atomic E-state index is 0.00926. The number of carboxylic acids is 1. The van der Waals surface area contributed by atoms with Gasteiger partial charge in [0.15, 0.2) is 0 Å². The van der Waals surface area contributed by atoms with Crippen LogP contribution in [0.2, 0.25) is 0 Å². The minimum atomic E-state index is -0.991. The number of carbonyl (C=O) groups is 2. The van der Waals surface area contributed by atoms with Crippen LogP contribution in [0.1, 0.15) is 42.9 Å². The van der Waals surface area contributed by atoms with E-state index in [4.69, 9.17) is 9.84 Å². The van der Waals surface area contributed by atoms with Gasteiger partial charge < -0.3 is 9.84 Å². The molecular weight excluding hydrogens is 374 g/mol. The Morgan fingerprint density at radius 3 is 2.57 bits per heavy atom. The molecule has 0 amide bonds. The average Bonchev–Trinajstić information content (AvgIpc) is 3.21. The van der Waals surface area contributed by atoms with E-state index in [2.05, 4.69) is 4.72 Å². The molecule has 5 nitrogen and oxygen atoms in total. The molecule has 1 aliphatic carbocycles. The third-order valence-electron chi connectivity index (χ3n) is 4.52. The van der Waals surface area contributed by atoms with E-state index in [9.17, 15) is 9.59 Å². The van der Waals surface area contributed by atoms with Crippen LogP contribution in [-0.2, 0) is 14.3 Å². The highest BCUT2D eigenvalue weighted by molar-refractivity contribution is 7.97. The second-order valence-corrected chi connectivity index (χ2v) is 7.56. The number of aliphatic carboxylic acids is 1. The van der Waals surface area contributed by atoms with Crippen LogP contribution in [0.4, 0.5) is 0 Å². The van der Waals surface area contributed by atoms with Gasteiger partial charge in [-0.15, -0.1) is 0 Å². The van der Waals surface area contributed by atoms with Gasteiger partial charge in [-0.25, -0.2) is 14.3 Å². The number of carboxylic acid groups (broad SMARTS) is 1. The van der Waals surface area contributed by atoms with Gasteiger partial charge in [0.25, 0.3) is 0 Å². The van der Waals surface area contributed by atoms with Gasteiger partial charge >= 0.3 is 11.9 Å². The summed E-state index contributed by atoms with van der Waals surface area (Å²) in [6, 6.07) is 16.4.